The molecular weight excluding hydrogens is 404 g/mol. The Bertz CT molecular complexity index is 1080. The first-order chi connectivity index (χ1) is 15.0. The molecule has 0 amide bonds. The third-order valence-corrected chi connectivity index (χ3v) is 4.27. The van der Waals surface area contributed by atoms with E-state index in [0.29, 0.717) is 11.3 Å². The van der Waals surface area contributed by atoms with Gasteiger partial charge in [-0.3, -0.25) is 0 Å². The van der Waals surface area contributed by atoms with Crippen molar-refractivity contribution in [3.63, 3.8) is 0 Å². The lowest BCUT2D eigenvalue weighted by molar-refractivity contribution is -0.139. The SMILES string of the molecule is CCOC(=O)c1coc(-c2ccc(N3C=CC=CC(C(=O)OC)=C3C(=O)OC)cc2)n1. The number of hydrogen-bond acceptors (Lipinski definition) is 9. The zero-order valence-electron chi connectivity index (χ0n) is 17.2. The standard InChI is InChI=1S/C22H20N2O7/c1-4-30-21(26)17-13-31-19(23-17)14-8-10-15(11-9-14)24-12-6-5-7-16(20(25)28-2)18(24)22(27)29-3/h5-13H,4H2,1-3H3. The molecule has 0 N–H and O–H groups in total. The van der Waals surface area contributed by atoms with Crippen molar-refractivity contribution in [3.05, 3.63) is 71.9 Å². The number of methoxy groups -OCH3 is 2. The van der Waals surface area contributed by atoms with E-state index >= 15 is 0 Å². The van der Waals surface area contributed by atoms with E-state index in [1.807, 2.05) is 0 Å². The van der Waals surface area contributed by atoms with Gasteiger partial charge in [-0.1, -0.05) is 6.08 Å². The van der Waals surface area contributed by atoms with Crippen molar-refractivity contribution >= 4 is 23.6 Å². The summed E-state index contributed by atoms with van der Waals surface area (Å²) in [6.45, 7) is 1.94. The molecule has 2 heterocycles. The lowest BCUT2D eigenvalue weighted by Gasteiger charge is -2.23. The third kappa shape index (κ3) is 4.55. The monoisotopic (exact) mass is 424 g/mol. The van der Waals surface area contributed by atoms with Crippen molar-refractivity contribution in [1.29, 1.82) is 0 Å². The number of anilines is 1. The Morgan fingerprint density at radius 1 is 1.00 bits per heavy atom. The van der Waals surface area contributed by atoms with E-state index in [0.717, 1.165) is 0 Å². The fourth-order valence-electron chi connectivity index (χ4n) is 2.84. The third-order valence-electron chi connectivity index (χ3n) is 4.27. The molecular formula is C22H20N2O7. The smallest absolute Gasteiger partial charge is 0.360 e. The second kappa shape index (κ2) is 9.57. The molecule has 9 nitrogen and oxygen atoms in total. The Balaban J connectivity index is 1.96. The first kappa shape index (κ1) is 21.6. The van der Waals surface area contributed by atoms with Gasteiger partial charge in [0.1, 0.15) is 12.0 Å². The minimum absolute atomic E-state index is 0.00724. The molecule has 0 atom stereocenters. The molecule has 1 aliphatic rings. The van der Waals surface area contributed by atoms with Crippen LogP contribution in [0.5, 0.6) is 0 Å². The van der Waals surface area contributed by atoms with E-state index < -0.39 is 17.9 Å². The van der Waals surface area contributed by atoms with Crippen molar-refractivity contribution in [3.8, 4) is 11.5 Å². The highest BCUT2D eigenvalue weighted by molar-refractivity contribution is 6.05. The van der Waals surface area contributed by atoms with Gasteiger partial charge < -0.3 is 23.5 Å². The molecule has 0 unspecified atom stereocenters. The van der Waals surface area contributed by atoms with Gasteiger partial charge in [0, 0.05) is 17.5 Å². The Morgan fingerprint density at radius 3 is 2.35 bits per heavy atom. The minimum atomic E-state index is -0.701. The number of allylic oxidation sites excluding steroid dienone is 2. The molecule has 2 aromatic rings. The molecule has 0 aliphatic carbocycles. The van der Waals surface area contributed by atoms with E-state index in [-0.39, 0.29) is 29.5 Å². The molecule has 31 heavy (non-hydrogen) atoms. The minimum Gasteiger partial charge on any atom is -0.465 e. The van der Waals surface area contributed by atoms with Crippen LogP contribution in [0.2, 0.25) is 0 Å². The largest absolute Gasteiger partial charge is 0.465 e. The maximum absolute atomic E-state index is 12.5. The Morgan fingerprint density at radius 2 is 1.71 bits per heavy atom. The van der Waals surface area contributed by atoms with Gasteiger partial charge in [0.15, 0.2) is 5.69 Å². The summed E-state index contributed by atoms with van der Waals surface area (Å²) in [5, 5.41) is 0. The summed E-state index contributed by atoms with van der Waals surface area (Å²) in [5.74, 6) is -1.71. The highest BCUT2D eigenvalue weighted by Gasteiger charge is 2.27. The van der Waals surface area contributed by atoms with Crippen molar-refractivity contribution in [2.24, 2.45) is 0 Å². The van der Waals surface area contributed by atoms with Crippen LogP contribution < -0.4 is 4.90 Å². The maximum Gasteiger partial charge on any atom is 0.360 e. The molecule has 0 radical (unpaired) electrons. The quantitative estimate of drug-likeness (QED) is 0.511. The average Bonchev–Trinajstić information content (AvgIpc) is 3.19. The number of nitrogens with zero attached hydrogens (tertiary/aromatic N) is 2. The van der Waals surface area contributed by atoms with Crippen molar-refractivity contribution < 1.29 is 33.0 Å². The predicted molar refractivity (Wildman–Crippen MR) is 110 cm³/mol. The number of oxazole rings is 1. The summed E-state index contributed by atoms with van der Waals surface area (Å²) in [7, 11) is 2.46. The maximum atomic E-state index is 12.5. The Kier molecular flexibility index (Phi) is 6.66. The molecule has 0 saturated heterocycles. The van der Waals surface area contributed by atoms with Gasteiger partial charge in [0.25, 0.3) is 0 Å². The summed E-state index contributed by atoms with van der Waals surface area (Å²) < 4.78 is 20.0. The Labute approximate surface area is 178 Å². The summed E-state index contributed by atoms with van der Waals surface area (Å²) in [6.07, 6.45) is 7.62. The van der Waals surface area contributed by atoms with Crippen LogP contribution in [0.25, 0.3) is 11.5 Å². The average molecular weight is 424 g/mol. The van der Waals surface area contributed by atoms with Crippen LogP contribution in [-0.4, -0.2) is 43.7 Å². The number of carbonyl (C=O) groups excluding carboxylic acids is 3. The van der Waals surface area contributed by atoms with Crippen molar-refractivity contribution in [2.75, 3.05) is 25.7 Å². The van der Waals surface area contributed by atoms with Gasteiger partial charge in [0.05, 0.1) is 26.4 Å². The van der Waals surface area contributed by atoms with Crippen LogP contribution in [-0.2, 0) is 23.8 Å². The number of rotatable bonds is 6. The van der Waals surface area contributed by atoms with Gasteiger partial charge in [-0.25, -0.2) is 19.4 Å². The van der Waals surface area contributed by atoms with E-state index in [9.17, 15) is 14.4 Å². The second-order valence-electron chi connectivity index (χ2n) is 6.12. The number of ether oxygens (including phenoxy) is 3. The van der Waals surface area contributed by atoms with Crippen LogP contribution in [0.4, 0.5) is 5.69 Å². The van der Waals surface area contributed by atoms with Gasteiger partial charge in [-0.2, -0.15) is 0 Å². The molecule has 0 spiro atoms. The molecule has 0 fully saturated rings. The number of hydrogen-bond donors (Lipinski definition) is 0. The first-order valence-electron chi connectivity index (χ1n) is 9.28. The lowest BCUT2D eigenvalue weighted by atomic mass is 10.1. The number of esters is 3. The van der Waals surface area contributed by atoms with Gasteiger partial charge in [-0.15, -0.1) is 0 Å². The van der Waals surface area contributed by atoms with Gasteiger partial charge in [0.2, 0.25) is 5.89 Å². The summed E-state index contributed by atoms with van der Waals surface area (Å²) in [6, 6.07) is 6.82. The highest BCUT2D eigenvalue weighted by atomic mass is 16.5. The number of aromatic nitrogens is 1. The molecule has 0 bridgehead atoms. The summed E-state index contributed by atoms with van der Waals surface area (Å²) in [5.41, 5.74) is 1.31. The van der Waals surface area contributed by atoms with E-state index in [2.05, 4.69) is 4.98 Å². The van der Waals surface area contributed by atoms with Crippen molar-refractivity contribution in [2.45, 2.75) is 6.92 Å². The fourth-order valence-corrected chi connectivity index (χ4v) is 2.84. The summed E-state index contributed by atoms with van der Waals surface area (Å²) in [4.78, 5) is 42.1. The molecule has 0 saturated carbocycles. The van der Waals surface area contributed by atoms with E-state index in [1.54, 1.807) is 49.5 Å². The molecule has 1 aromatic heterocycles. The predicted octanol–water partition coefficient (Wildman–Crippen LogP) is 3.01. The first-order valence-corrected chi connectivity index (χ1v) is 9.28. The van der Waals surface area contributed by atoms with E-state index in [1.165, 1.54) is 31.5 Å². The number of benzene rings is 1. The highest BCUT2D eigenvalue weighted by Crippen LogP contribution is 2.28. The lowest BCUT2D eigenvalue weighted by Crippen LogP contribution is -2.26. The summed E-state index contributed by atoms with van der Waals surface area (Å²) >= 11 is 0. The molecule has 3 rings (SSSR count). The fraction of sp³-hybridized carbons (Fsp3) is 0.182. The zero-order chi connectivity index (χ0) is 22.4. The van der Waals surface area contributed by atoms with Gasteiger partial charge >= 0.3 is 17.9 Å². The zero-order valence-corrected chi connectivity index (χ0v) is 17.2. The number of carbonyl (C=O) groups is 3. The second-order valence-corrected chi connectivity index (χ2v) is 6.12. The molecule has 1 aliphatic heterocycles. The van der Waals surface area contributed by atoms with Crippen LogP contribution >= 0.6 is 0 Å². The van der Waals surface area contributed by atoms with Crippen LogP contribution in [0, 0.1) is 0 Å². The van der Waals surface area contributed by atoms with Gasteiger partial charge in [-0.05, 0) is 43.3 Å². The molecule has 1 aromatic carbocycles. The Hall–Kier alpha value is -4.14. The normalized spacial score (nSPS) is 13.1. The van der Waals surface area contributed by atoms with E-state index in [4.69, 9.17) is 18.6 Å². The van der Waals surface area contributed by atoms with Crippen LogP contribution in [0.1, 0.15) is 17.4 Å². The molecule has 160 valence electrons. The van der Waals surface area contributed by atoms with Crippen LogP contribution in [0.15, 0.2) is 70.6 Å². The topological polar surface area (TPSA) is 108 Å². The molecule has 9 heteroatoms. The van der Waals surface area contributed by atoms with Crippen LogP contribution in [0.3, 0.4) is 0 Å². The van der Waals surface area contributed by atoms with Crippen molar-refractivity contribution in [1.82, 2.24) is 4.98 Å².